The van der Waals surface area contributed by atoms with Gasteiger partial charge in [0.05, 0.1) is 13.2 Å². The number of ether oxygens (including phenoxy) is 2. The fourth-order valence-electron chi connectivity index (χ4n) is 2.15. The van der Waals surface area contributed by atoms with Crippen LogP contribution in [-0.2, 0) is 0 Å². The van der Waals surface area contributed by atoms with E-state index in [0.29, 0.717) is 19.0 Å². The number of phenolic OH excluding ortho intramolecular Hbond substituents is 1. The van der Waals surface area contributed by atoms with Crippen LogP contribution in [0, 0.1) is 0 Å². The second-order valence-electron chi connectivity index (χ2n) is 5.45. The highest BCUT2D eigenvalue weighted by Crippen LogP contribution is 2.31. The molecule has 1 N–H and O–H groups in total. The van der Waals surface area contributed by atoms with Gasteiger partial charge in [-0.1, -0.05) is 52.4 Å². The molecule has 1 aromatic carbocycles. The van der Waals surface area contributed by atoms with Gasteiger partial charge >= 0.3 is 0 Å². The highest BCUT2D eigenvalue weighted by Gasteiger charge is 2.06. The van der Waals surface area contributed by atoms with Crippen LogP contribution >= 0.6 is 0 Å². The molecular formula is C18H30O3. The molecule has 1 aromatic rings. The summed E-state index contributed by atoms with van der Waals surface area (Å²) >= 11 is 0. The first-order valence-corrected chi connectivity index (χ1v) is 8.36. The number of phenols is 1. The molecule has 0 unspecified atom stereocenters. The molecule has 120 valence electrons. The molecule has 0 radical (unpaired) electrons. The first kappa shape index (κ1) is 17.7. The third-order valence-electron chi connectivity index (χ3n) is 3.44. The lowest BCUT2D eigenvalue weighted by Gasteiger charge is -2.13. The minimum atomic E-state index is 0.219. The third kappa shape index (κ3) is 7.84. The van der Waals surface area contributed by atoms with E-state index in [-0.39, 0.29) is 5.75 Å². The summed E-state index contributed by atoms with van der Waals surface area (Å²) in [4.78, 5) is 0. The molecule has 0 aliphatic heterocycles. The molecule has 0 atom stereocenters. The van der Waals surface area contributed by atoms with Gasteiger partial charge < -0.3 is 14.6 Å². The average Bonchev–Trinajstić information content (AvgIpc) is 2.48. The standard InChI is InChI=1S/C18H30O3/c1-3-5-7-9-13-20-17-12-11-16(19)15-18(17)21-14-10-8-6-4-2/h11-12,15,19H,3-10,13-14H2,1-2H3. The normalized spacial score (nSPS) is 10.6. The Kier molecular flexibility index (Phi) is 9.51. The van der Waals surface area contributed by atoms with Crippen molar-refractivity contribution in [2.24, 2.45) is 0 Å². The minimum Gasteiger partial charge on any atom is -0.508 e. The van der Waals surface area contributed by atoms with E-state index in [1.807, 2.05) is 0 Å². The van der Waals surface area contributed by atoms with Gasteiger partial charge in [0.25, 0.3) is 0 Å². The second kappa shape index (κ2) is 11.3. The van der Waals surface area contributed by atoms with E-state index in [1.54, 1.807) is 18.2 Å². The first-order chi connectivity index (χ1) is 10.3. The van der Waals surface area contributed by atoms with Crippen molar-refractivity contribution in [3.63, 3.8) is 0 Å². The molecule has 3 nitrogen and oxygen atoms in total. The molecule has 0 heterocycles. The average molecular weight is 294 g/mol. The number of rotatable bonds is 12. The van der Waals surface area contributed by atoms with Crippen LogP contribution in [0.3, 0.4) is 0 Å². The largest absolute Gasteiger partial charge is 0.508 e. The summed E-state index contributed by atoms with van der Waals surface area (Å²) in [7, 11) is 0. The third-order valence-corrected chi connectivity index (χ3v) is 3.44. The van der Waals surface area contributed by atoms with E-state index in [0.717, 1.165) is 18.6 Å². The Bertz CT molecular complexity index is 377. The number of aromatic hydroxyl groups is 1. The number of hydrogen-bond acceptors (Lipinski definition) is 3. The molecule has 0 amide bonds. The Morgan fingerprint density at radius 1 is 0.762 bits per heavy atom. The van der Waals surface area contributed by atoms with Gasteiger partial charge in [-0.05, 0) is 25.0 Å². The maximum atomic E-state index is 9.58. The van der Waals surface area contributed by atoms with E-state index in [9.17, 15) is 5.11 Å². The van der Waals surface area contributed by atoms with E-state index < -0.39 is 0 Å². The summed E-state index contributed by atoms with van der Waals surface area (Å²) in [6.07, 6.45) is 9.42. The van der Waals surface area contributed by atoms with Crippen LogP contribution in [0.15, 0.2) is 18.2 Å². The van der Waals surface area contributed by atoms with Crippen LogP contribution in [0.1, 0.15) is 65.2 Å². The van der Waals surface area contributed by atoms with Crippen LogP contribution in [0.2, 0.25) is 0 Å². The topological polar surface area (TPSA) is 38.7 Å². The lowest BCUT2D eigenvalue weighted by atomic mass is 10.2. The minimum absolute atomic E-state index is 0.219. The summed E-state index contributed by atoms with van der Waals surface area (Å²) in [6, 6.07) is 5.07. The van der Waals surface area contributed by atoms with Crippen molar-refractivity contribution >= 4 is 0 Å². The summed E-state index contributed by atoms with van der Waals surface area (Å²) in [5, 5.41) is 9.58. The lowest BCUT2D eigenvalue weighted by molar-refractivity contribution is 0.257. The highest BCUT2D eigenvalue weighted by atomic mass is 16.5. The smallest absolute Gasteiger partial charge is 0.164 e. The van der Waals surface area contributed by atoms with Gasteiger partial charge in [0.2, 0.25) is 0 Å². The van der Waals surface area contributed by atoms with Crippen molar-refractivity contribution in [2.75, 3.05) is 13.2 Å². The van der Waals surface area contributed by atoms with Gasteiger partial charge in [-0.3, -0.25) is 0 Å². The molecule has 3 heteroatoms. The molecule has 0 saturated carbocycles. The fraction of sp³-hybridized carbons (Fsp3) is 0.667. The summed E-state index contributed by atoms with van der Waals surface area (Å²) < 4.78 is 11.5. The van der Waals surface area contributed by atoms with Crippen molar-refractivity contribution in [2.45, 2.75) is 65.2 Å². The van der Waals surface area contributed by atoms with Crippen LogP contribution in [0.4, 0.5) is 0 Å². The van der Waals surface area contributed by atoms with Crippen LogP contribution in [-0.4, -0.2) is 18.3 Å². The van der Waals surface area contributed by atoms with Gasteiger partial charge in [0, 0.05) is 6.07 Å². The Balaban J connectivity index is 2.39. The summed E-state index contributed by atoms with van der Waals surface area (Å²) in [5.74, 6) is 1.61. The quantitative estimate of drug-likeness (QED) is 0.531. The van der Waals surface area contributed by atoms with Crippen molar-refractivity contribution in [3.8, 4) is 17.2 Å². The Labute approximate surface area is 129 Å². The molecule has 0 saturated heterocycles. The van der Waals surface area contributed by atoms with Crippen molar-refractivity contribution in [3.05, 3.63) is 18.2 Å². The lowest BCUT2D eigenvalue weighted by Crippen LogP contribution is -2.02. The SMILES string of the molecule is CCCCCCOc1ccc(O)cc1OCCCCCC. The van der Waals surface area contributed by atoms with Crippen molar-refractivity contribution in [1.29, 1.82) is 0 Å². The Morgan fingerprint density at radius 2 is 1.33 bits per heavy atom. The zero-order valence-corrected chi connectivity index (χ0v) is 13.6. The zero-order valence-electron chi connectivity index (χ0n) is 13.6. The number of hydrogen-bond donors (Lipinski definition) is 1. The number of benzene rings is 1. The maximum absolute atomic E-state index is 9.58. The molecule has 0 aromatic heterocycles. The first-order valence-electron chi connectivity index (χ1n) is 8.36. The van der Waals surface area contributed by atoms with Crippen LogP contribution in [0.25, 0.3) is 0 Å². The Hall–Kier alpha value is -1.38. The van der Waals surface area contributed by atoms with Crippen LogP contribution < -0.4 is 9.47 Å². The van der Waals surface area contributed by atoms with Gasteiger partial charge in [-0.25, -0.2) is 0 Å². The second-order valence-corrected chi connectivity index (χ2v) is 5.45. The molecule has 0 bridgehead atoms. The molecule has 0 aliphatic carbocycles. The monoisotopic (exact) mass is 294 g/mol. The summed E-state index contributed by atoms with van der Waals surface area (Å²) in [6.45, 7) is 5.78. The molecule has 0 spiro atoms. The van der Waals surface area contributed by atoms with Crippen molar-refractivity contribution < 1.29 is 14.6 Å². The molecule has 0 aliphatic rings. The molecule has 21 heavy (non-hydrogen) atoms. The van der Waals surface area contributed by atoms with E-state index >= 15 is 0 Å². The van der Waals surface area contributed by atoms with E-state index in [1.165, 1.54) is 38.5 Å². The van der Waals surface area contributed by atoms with Gasteiger partial charge in [-0.15, -0.1) is 0 Å². The summed E-state index contributed by atoms with van der Waals surface area (Å²) in [5.41, 5.74) is 0. The highest BCUT2D eigenvalue weighted by molar-refractivity contribution is 5.45. The molecular weight excluding hydrogens is 264 g/mol. The van der Waals surface area contributed by atoms with E-state index in [4.69, 9.17) is 9.47 Å². The molecule has 1 rings (SSSR count). The van der Waals surface area contributed by atoms with Gasteiger partial charge in [-0.2, -0.15) is 0 Å². The fourth-order valence-corrected chi connectivity index (χ4v) is 2.15. The number of unbranched alkanes of at least 4 members (excludes halogenated alkanes) is 6. The van der Waals surface area contributed by atoms with Crippen LogP contribution in [0.5, 0.6) is 17.2 Å². The van der Waals surface area contributed by atoms with Crippen molar-refractivity contribution in [1.82, 2.24) is 0 Å². The Morgan fingerprint density at radius 3 is 1.90 bits per heavy atom. The van der Waals surface area contributed by atoms with Gasteiger partial charge in [0.1, 0.15) is 5.75 Å². The maximum Gasteiger partial charge on any atom is 0.164 e. The van der Waals surface area contributed by atoms with E-state index in [2.05, 4.69) is 13.8 Å². The predicted molar refractivity (Wildman–Crippen MR) is 87.4 cm³/mol. The molecule has 0 fully saturated rings. The predicted octanol–water partition coefficient (Wildman–Crippen LogP) is 5.31. The zero-order chi connectivity index (χ0) is 15.3. The van der Waals surface area contributed by atoms with Gasteiger partial charge in [0.15, 0.2) is 11.5 Å².